The molecule has 0 N–H and O–H groups in total. The van der Waals surface area contributed by atoms with Gasteiger partial charge < -0.3 is 9.80 Å². The Labute approximate surface area is 156 Å². The van der Waals surface area contributed by atoms with E-state index in [-0.39, 0.29) is 0 Å². The lowest BCUT2D eigenvalue weighted by molar-refractivity contribution is -0.139. The van der Waals surface area contributed by atoms with Crippen LogP contribution in [0.15, 0.2) is 0 Å². The molecule has 0 aliphatic carbocycles. The minimum atomic E-state index is 0.352. The molecule has 2 fully saturated rings. The number of carbonyl (C=O) groups is 1. The summed E-state index contributed by atoms with van der Waals surface area (Å²) in [6, 6.07) is 0. The highest BCUT2D eigenvalue weighted by molar-refractivity contribution is 7.11. The maximum absolute atomic E-state index is 12.3. The third-order valence-corrected chi connectivity index (χ3v) is 6.91. The van der Waals surface area contributed by atoms with Gasteiger partial charge in [0.15, 0.2) is 0 Å². The van der Waals surface area contributed by atoms with Crippen LogP contribution in [0.25, 0.3) is 0 Å². The predicted molar refractivity (Wildman–Crippen MR) is 103 cm³/mol. The molecule has 3 rings (SSSR count). The lowest BCUT2D eigenvalue weighted by Gasteiger charge is -2.47. The molecule has 0 atom stereocenters. The molecule has 1 amide bonds. The smallest absolute Gasteiger partial charge is 0.222 e. The van der Waals surface area contributed by atoms with Crippen molar-refractivity contribution in [2.75, 3.05) is 46.8 Å². The first-order valence-corrected chi connectivity index (χ1v) is 10.3. The Morgan fingerprint density at radius 2 is 1.92 bits per heavy atom. The van der Waals surface area contributed by atoms with Gasteiger partial charge in [0.1, 0.15) is 0 Å². The number of nitrogens with zero attached hydrogens (tertiary/aromatic N) is 4. The zero-order valence-corrected chi connectivity index (χ0v) is 17.0. The lowest BCUT2D eigenvalue weighted by Crippen LogP contribution is -2.52. The first-order chi connectivity index (χ1) is 11.9. The van der Waals surface area contributed by atoms with E-state index >= 15 is 0 Å². The van der Waals surface area contributed by atoms with E-state index in [9.17, 15) is 4.79 Å². The van der Waals surface area contributed by atoms with Gasteiger partial charge in [-0.2, -0.15) is 0 Å². The van der Waals surface area contributed by atoms with E-state index in [0.29, 0.717) is 11.3 Å². The van der Waals surface area contributed by atoms with Crippen molar-refractivity contribution in [1.29, 1.82) is 0 Å². The maximum Gasteiger partial charge on any atom is 0.222 e. The fraction of sp³-hybridized carbons (Fsp3) is 0.789. The predicted octanol–water partition coefficient (Wildman–Crippen LogP) is 2.53. The van der Waals surface area contributed by atoms with Crippen LogP contribution in [0.1, 0.15) is 41.3 Å². The quantitative estimate of drug-likeness (QED) is 0.805. The Morgan fingerprint density at radius 3 is 2.52 bits per heavy atom. The summed E-state index contributed by atoms with van der Waals surface area (Å²) in [5.41, 5.74) is 1.55. The van der Waals surface area contributed by atoms with Gasteiger partial charge in [-0.15, -0.1) is 11.3 Å². The van der Waals surface area contributed by atoms with Crippen LogP contribution in [-0.2, 0) is 11.3 Å². The van der Waals surface area contributed by atoms with Crippen LogP contribution < -0.4 is 0 Å². The Hall–Kier alpha value is -0.980. The van der Waals surface area contributed by atoms with E-state index in [2.05, 4.69) is 47.6 Å². The number of likely N-dealkylation sites (N-methyl/N-ethyl adjacent to an activating group) is 1. The van der Waals surface area contributed by atoms with Gasteiger partial charge in [0.25, 0.3) is 0 Å². The van der Waals surface area contributed by atoms with Crippen LogP contribution in [0.4, 0.5) is 0 Å². The van der Waals surface area contributed by atoms with Crippen LogP contribution in [0, 0.1) is 19.3 Å². The summed E-state index contributed by atoms with van der Waals surface area (Å²) in [4.78, 5) is 25.1. The minimum absolute atomic E-state index is 0.352. The summed E-state index contributed by atoms with van der Waals surface area (Å²) in [6.45, 7) is 10.3. The zero-order valence-electron chi connectivity index (χ0n) is 16.2. The highest BCUT2D eigenvalue weighted by Crippen LogP contribution is 2.40. The second-order valence-corrected chi connectivity index (χ2v) is 9.42. The average Bonchev–Trinajstić information content (AvgIpc) is 2.88. The van der Waals surface area contributed by atoms with Crippen molar-refractivity contribution in [2.45, 2.75) is 46.1 Å². The van der Waals surface area contributed by atoms with Crippen LogP contribution in [-0.4, -0.2) is 72.4 Å². The van der Waals surface area contributed by atoms with E-state index in [1.807, 2.05) is 11.3 Å². The highest BCUT2D eigenvalue weighted by atomic mass is 32.1. The number of piperidine rings is 2. The second kappa shape index (κ2) is 7.72. The van der Waals surface area contributed by atoms with E-state index < -0.39 is 0 Å². The molecule has 5 nitrogen and oxygen atoms in total. The average molecular weight is 365 g/mol. The number of likely N-dealkylation sites (tertiary alicyclic amines) is 2. The molecule has 2 aliphatic heterocycles. The van der Waals surface area contributed by atoms with Crippen LogP contribution in [0.2, 0.25) is 0 Å². The first-order valence-electron chi connectivity index (χ1n) is 9.45. The fourth-order valence-corrected chi connectivity index (χ4v) is 5.12. The fourth-order valence-electron chi connectivity index (χ4n) is 4.14. The zero-order chi connectivity index (χ0) is 18.0. The molecule has 0 unspecified atom stereocenters. The summed E-state index contributed by atoms with van der Waals surface area (Å²) in [6.07, 6.45) is 4.25. The normalized spacial score (nSPS) is 21.5. The van der Waals surface area contributed by atoms with Gasteiger partial charge in [0.2, 0.25) is 5.91 Å². The molecule has 1 aromatic heterocycles. The molecule has 1 spiro atoms. The topological polar surface area (TPSA) is 39.7 Å². The molecular formula is C19H32N4OS. The van der Waals surface area contributed by atoms with E-state index in [1.165, 1.54) is 28.4 Å². The van der Waals surface area contributed by atoms with Gasteiger partial charge in [0.05, 0.1) is 10.7 Å². The molecule has 2 saturated heterocycles. The van der Waals surface area contributed by atoms with Gasteiger partial charge >= 0.3 is 0 Å². The number of hydrogen-bond acceptors (Lipinski definition) is 5. The summed E-state index contributed by atoms with van der Waals surface area (Å²) in [5.74, 6) is 0.352. The van der Waals surface area contributed by atoms with Gasteiger partial charge in [-0.3, -0.25) is 9.69 Å². The lowest BCUT2D eigenvalue weighted by atomic mass is 9.72. The van der Waals surface area contributed by atoms with Crippen molar-refractivity contribution < 1.29 is 4.79 Å². The summed E-state index contributed by atoms with van der Waals surface area (Å²) in [5, 5.41) is 1.17. The molecule has 0 bridgehead atoms. The number of rotatable bonds is 5. The van der Waals surface area contributed by atoms with Crippen molar-refractivity contribution in [2.24, 2.45) is 5.41 Å². The number of amides is 1. The Kier molecular flexibility index (Phi) is 5.81. The van der Waals surface area contributed by atoms with E-state index in [1.54, 1.807) is 0 Å². The van der Waals surface area contributed by atoms with Crippen molar-refractivity contribution in [3.8, 4) is 0 Å². The number of aromatic nitrogens is 1. The molecule has 0 aromatic carbocycles. The number of hydrogen-bond donors (Lipinski definition) is 0. The van der Waals surface area contributed by atoms with Gasteiger partial charge in [-0.1, -0.05) is 0 Å². The standard InChI is InChI=1S/C19H32N4OS/c1-15-17(25-16(2)20-15)13-22-9-7-19(8-10-22)6-5-18(24)23(14-19)12-11-21(3)4/h5-14H2,1-4H3. The summed E-state index contributed by atoms with van der Waals surface area (Å²) in [7, 11) is 4.15. The molecule has 3 heterocycles. The van der Waals surface area contributed by atoms with Crippen molar-refractivity contribution in [1.82, 2.24) is 19.7 Å². The van der Waals surface area contributed by atoms with E-state index in [4.69, 9.17) is 0 Å². The number of thiazole rings is 1. The Bertz CT molecular complexity index is 605. The molecular weight excluding hydrogens is 332 g/mol. The maximum atomic E-state index is 12.3. The van der Waals surface area contributed by atoms with Crippen LogP contribution >= 0.6 is 11.3 Å². The van der Waals surface area contributed by atoms with Gasteiger partial charge in [-0.05, 0) is 65.7 Å². The van der Waals surface area contributed by atoms with Crippen molar-refractivity contribution in [3.63, 3.8) is 0 Å². The first kappa shape index (κ1) is 18.8. The molecule has 0 saturated carbocycles. The van der Waals surface area contributed by atoms with Gasteiger partial charge in [0, 0.05) is 37.5 Å². The third kappa shape index (κ3) is 4.60. The third-order valence-electron chi connectivity index (χ3n) is 5.85. The Balaban J connectivity index is 1.55. The SMILES string of the molecule is Cc1nc(C)c(CN2CCC3(CCC(=O)N(CCN(C)C)C3)CC2)s1. The summed E-state index contributed by atoms with van der Waals surface area (Å²) >= 11 is 1.83. The van der Waals surface area contributed by atoms with Crippen molar-refractivity contribution >= 4 is 17.2 Å². The van der Waals surface area contributed by atoms with Gasteiger partial charge in [-0.25, -0.2) is 4.98 Å². The molecule has 2 aliphatic rings. The van der Waals surface area contributed by atoms with Crippen molar-refractivity contribution in [3.05, 3.63) is 15.6 Å². The molecule has 1 aromatic rings. The number of carbonyl (C=O) groups excluding carboxylic acids is 1. The summed E-state index contributed by atoms with van der Waals surface area (Å²) < 4.78 is 0. The molecule has 0 radical (unpaired) electrons. The van der Waals surface area contributed by atoms with Crippen LogP contribution in [0.5, 0.6) is 0 Å². The second-order valence-electron chi connectivity index (χ2n) is 8.14. The number of aryl methyl sites for hydroxylation is 2. The monoisotopic (exact) mass is 364 g/mol. The van der Waals surface area contributed by atoms with E-state index in [0.717, 1.165) is 52.1 Å². The molecule has 140 valence electrons. The molecule has 6 heteroatoms. The Morgan fingerprint density at radius 1 is 1.20 bits per heavy atom. The minimum Gasteiger partial charge on any atom is -0.341 e. The van der Waals surface area contributed by atoms with Crippen LogP contribution in [0.3, 0.4) is 0 Å². The molecule has 25 heavy (non-hydrogen) atoms. The highest BCUT2D eigenvalue weighted by Gasteiger charge is 2.40. The largest absolute Gasteiger partial charge is 0.341 e.